The van der Waals surface area contributed by atoms with Gasteiger partial charge in [0.2, 0.25) is 0 Å². The number of benzene rings is 1. The Balaban J connectivity index is 2.12. The molecule has 0 radical (unpaired) electrons. The molecule has 0 atom stereocenters. The third-order valence-corrected chi connectivity index (χ3v) is 3.37. The Morgan fingerprint density at radius 2 is 2.12 bits per heavy atom. The fourth-order valence-electron chi connectivity index (χ4n) is 1.76. The van der Waals surface area contributed by atoms with Gasteiger partial charge in [-0.15, -0.1) is 0 Å². The van der Waals surface area contributed by atoms with E-state index in [4.69, 9.17) is 4.74 Å². The molecule has 2 rings (SSSR count). The molecule has 0 spiro atoms. The van der Waals surface area contributed by atoms with E-state index in [1.54, 1.807) is 0 Å². The van der Waals surface area contributed by atoms with Crippen molar-refractivity contribution in [2.45, 2.75) is 44.6 Å². The summed E-state index contributed by atoms with van der Waals surface area (Å²) in [6, 6.07) is 8.09. The summed E-state index contributed by atoms with van der Waals surface area (Å²) < 4.78 is 5.85. The highest BCUT2D eigenvalue weighted by molar-refractivity contribution is 5.33. The molecule has 1 aromatic carbocycles. The lowest BCUT2D eigenvalue weighted by Crippen LogP contribution is -2.25. The average Bonchev–Trinajstić information content (AvgIpc) is 2.24. The van der Waals surface area contributed by atoms with Gasteiger partial charge in [0, 0.05) is 5.41 Å². The minimum atomic E-state index is -0.195. The smallest absolute Gasteiger partial charge is 0.120 e. The first-order valence-electron chi connectivity index (χ1n) is 6.00. The first kappa shape index (κ1) is 11.5. The molecular weight excluding hydrogens is 200 g/mol. The number of aliphatic hydroxyl groups is 1. The topological polar surface area (TPSA) is 29.5 Å². The SMILES string of the molecule is CC(C)(CO)c1cccc(OC2CCC2)c1. The average molecular weight is 220 g/mol. The number of hydrogen-bond acceptors (Lipinski definition) is 2. The third kappa shape index (κ3) is 2.38. The maximum atomic E-state index is 9.34. The van der Waals surface area contributed by atoms with Gasteiger partial charge in [0.15, 0.2) is 0 Å². The van der Waals surface area contributed by atoms with Crippen molar-refractivity contribution in [2.24, 2.45) is 0 Å². The Morgan fingerprint density at radius 1 is 1.38 bits per heavy atom. The monoisotopic (exact) mass is 220 g/mol. The van der Waals surface area contributed by atoms with E-state index in [1.807, 2.05) is 32.0 Å². The number of ether oxygens (including phenoxy) is 1. The van der Waals surface area contributed by atoms with Crippen LogP contribution in [0.15, 0.2) is 24.3 Å². The largest absolute Gasteiger partial charge is 0.490 e. The Labute approximate surface area is 97.3 Å². The fourth-order valence-corrected chi connectivity index (χ4v) is 1.76. The van der Waals surface area contributed by atoms with E-state index in [0.717, 1.165) is 11.3 Å². The molecule has 1 aromatic rings. The van der Waals surface area contributed by atoms with Crippen LogP contribution in [0.3, 0.4) is 0 Å². The van der Waals surface area contributed by atoms with Gasteiger partial charge < -0.3 is 9.84 Å². The maximum Gasteiger partial charge on any atom is 0.120 e. The van der Waals surface area contributed by atoms with Gasteiger partial charge in [-0.2, -0.15) is 0 Å². The highest BCUT2D eigenvalue weighted by Crippen LogP contribution is 2.29. The lowest BCUT2D eigenvalue weighted by atomic mass is 9.85. The Hall–Kier alpha value is -1.02. The zero-order valence-corrected chi connectivity index (χ0v) is 10.1. The Kier molecular flexibility index (Phi) is 3.20. The molecule has 0 aromatic heterocycles. The summed E-state index contributed by atoms with van der Waals surface area (Å²) in [6.45, 7) is 4.23. The van der Waals surface area contributed by atoms with Crippen molar-refractivity contribution in [1.29, 1.82) is 0 Å². The van der Waals surface area contributed by atoms with E-state index in [2.05, 4.69) is 6.07 Å². The molecule has 2 heteroatoms. The molecule has 2 nitrogen and oxygen atoms in total. The molecule has 1 aliphatic rings. The van der Waals surface area contributed by atoms with Crippen LogP contribution in [0, 0.1) is 0 Å². The summed E-state index contributed by atoms with van der Waals surface area (Å²) >= 11 is 0. The van der Waals surface area contributed by atoms with Crippen LogP contribution in [0.2, 0.25) is 0 Å². The second-order valence-corrected chi connectivity index (χ2v) is 5.24. The molecule has 1 fully saturated rings. The molecular formula is C14H20O2. The summed E-state index contributed by atoms with van der Waals surface area (Å²) in [5, 5.41) is 9.34. The van der Waals surface area contributed by atoms with Crippen molar-refractivity contribution in [2.75, 3.05) is 6.61 Å². The van der Waals surface area contributed by atoms with Crippen LogP contribution in [-0.4, -0.2) is 17.8 Å². The highest BCUT2D eigenvalue weighted by atomic mass is 16.5. The second kappa shape index (κ2) is 4.46. The Bertz CT molecular complexity index is 354. The van der Waals surface area contributed by atoms with Crippen LogP contribution in [0.1, 0.15) is 38.7 Å². The van der Waals surface area contributed by atoms with Gasteiger partial charge in [0.1, 0.15) is 5.75 Å². The van der Waals surface area contributed by atoms with E-state index in [1.165, 1.54) is 19.3 Å². The van der Waals surface area contributed by atoms with Crippen molar-refractivity contribution >= 4 is 0 Å². The van der Waals surface area contributed by atoms with Crippen LogP contribution < -0.4 is 4.74 Å². The molecule has 0 amide bonds. The number of rotatable bonds is 4. The summed E-state index contributed by atoms with van der Waals surface area (Å²) in [6.07, 6.45) is 4.04. The minimum Gasteiger partial charge on any atom is -0.490 e. The second-order valence-electron chi connectivity index (χ2n) is 5.24. The molecule has 88 valence electrons. The summed E-state index contributed by atoms with van der Waals surface area (Å²) in [5.41, 5.74) is 0.936. The minimum absolute atomic E-state index is 0.153. The molecule has 1 aliphatic carbocycles. The third-order valence-electron chi connectivity index (χ3n) is 3.37. The standard InChI is InChI=1S/C14H20O2/c1-14(2,10-15)11-5-3-8-13(9-11)16-12-6-4-7-12/h3,5,8-9,12,15H,4,6-7,10H2,1-2H3. The Morgan fingerprint density at radius 3 is 2.69 bits per heavy atom. The van der Waals surface area contributed by atoms with Gasteiger partial charge in [-0.3, -0.25) is 0 Å². The summed E-state index contributed by atoms with van der Waals surface area (Å²) in [5.74, 6) is 0.934. The van der Waals surface area contributed by atoms with E-state index in [-0.39, 0.29) is 12.0 Å². The predicted molar refractivity (Wildman–Crippen MR) is 64.8 cm³/mol. The van der Waals surface area contributed by atoms with Crippen molar-refractivity contribution in [3.05, 3.63) is 29.8 Å². The lowest BCUT2D eigenvalue weighted by molar-refractivity contribution is 0.120. The van der Waals surface area contributed by atoms with Crippen LogP contribution in [0.5, 0.6) is 5.75 Å². The lowest BCUT2D eigenvalue weighted by Gasteiger charge is -2.28. The zero-order valence-electron chi connectivity index (χ0n) is 10.1. The van der Waals surface area contributed by atoms with Crippen LogP contribution in [-0.2, 0) is 5.41 Å². The molecule has 16 heavy (non-hydrogen) atoms. The van der Waals surface area contributed by atoms with Gasteiger partial charge in [0.05, 0.1) is 12.7 Å². The summed E-state index contributed by atoms with van der Waals surface area (Å²) in [7, 11) is 0. The first-order valence-corrected chi connectivity index (χ1v) is 6.00. The zero-order chi connectivity index (χ0) is 11.6. The molecule has 0 aliphatic heterocycles. The fraction of sp³-hybridized carbons (Fsp3) is 0.571. The predicted octanol–water partition coefficient (Wildman–Crippen LogP) is 2.89. The van der Waals surface area contributed by atoms with Crippen LogP contribution in [0.25, 0.3) is 0 Å². The van der Waals surface area contributed by atoms with Gasteiger partial charge >= 0.3 is 0 Å². The normalized spacial score (nSPS) is 16.9. The molecule has 1 saturated carbocycles. The van der Waals surface area contributed by atoms with E-state index >= 15 is 0 Å². The number of aliphatic hydroxyl groups excluding tert-OH is 1. The van der Waals surface area contributed by atoms with Crippen molar-refractivity contribution in [1.82, 2.24) is 0 Å². The highest BCUT2D eigenvalue weighted by Gasteiger charge is 2.22. The molecule has 0 heterocycles. The quantitative estimate of drug-likeness (QED) is 0.845. The van der Waals surface area contributed by atoms with E-state index in [9.17, 15) is 5.11 Å². The van der Waals surface area contributed by atoms with Gasteiger partial charge in [-0.05, 0) is 37.0 Å². The molecule has 0 bridgehead atoms. The summed E-state index contributed by atoms with van der Waals surface area (Å²) in [4.78, 5) is 0. The van der Waals surface area contributed by atoms with Crippen molar-refractivity contribution in [3.8, 4) is 5.75 Å². The number of hydrogen-bond donors (Lipinski definition) is 1. The van der Waals surface area contributed by atoms with Crippen molar-refractivity contribution in [3.63, 3.8) is 0 Å². The van der Waals surface area contributed by atoms with Crippen LogP contribution in [0.4, 0.5) is 0 Å². The maximum absolute atomic E-state index is 9.34. The molecule has 0 unspecified atom stereocenters. The molecule has 1 N–H and O–H groups in total. The van der Waals surface area contributed by atoms with Crippen LogP contribution >= 0.6 is 0 Å². The van der Waals surface area contributed by atoms with Gasteiger partial charge in [-0.25, -0.2) is 0 Å². The van der Waals surface area contributed by atoms with E-state index < -0.39 is 0 Å². The first-order chi connectivity index (χ1) is 7.62. The van der Waals surface area contributed by atoms with Crippen molar-refractivity contribution < 1.29 is 9.84 Å². The van der Waals surface area contributed by atoms with Gasteiger partial charge in [0.25, 0.3) is 0 Å². The van der Waals surface area contributed by atoms with E-state index in [0.29, 0.717) is 6.10 Å². The van der Waals surface area contributed by atoms with Gasteiger partial charge in [-0.1, -0.05) is 26.0 Å². The molecule has 0 saturated heterocycles.